The van der Waals surface area contributed by atoms with Gasteiger partial charge in [0, 0.05) is 31.0 Å². The van der Waals surface area contributed by atoms with E-state index < -0.39 is 5.41 Å². The van der Waals surface area contributed by atoms with Crippen LogP contribution in [-0.4, -0.2) is 23.3 Å². The SMILES string of the molecule is C[C@@H](NC(=O)CCN1C(=O)C(C)(C)c2ccccc21)c1ccncc1. The van der Waals surface area contributed by atoms with Crippen molar-refractivity contribution in [1.82, 2.24) is 10.3 Å². The standard InChI is InChI=1S/C20H23N3O2/c1-14(15-8-11-21-12-9-15)22-18(24)10-13-23-17-7-5-4-6-16(17)20(2,3)19(23)25/h4-9,11-12,14H,10,13H2,1-3H3,(H,22,24)/t14-/m1/s1. The minimum Gasteiger partial charge on any atom is -0.350 e. The van der Waals surface area contributed by atoms with Crippen molar-refractivity contribution < 1.29 is 9.59 Å². The predicted octanol–water partition coefficient (Wildman–Crippen LogP) is 2.97. The number of nitrogens with zero attached hydrogens (tertiary/aromatic N) is 2. The highest BCUT2D eigenvalue weighted by molar-refractivity contribution is 6.07. The lowest BCUT2D eigenvalue weighted by Gasteiger charge is -2.21. The van der Waals surface area contributed by atoms with E-state index in [-0.39, 0.29) is 24.3 Å². The van der Waals surface area contributed by atoms with Gasteiger partial charge in [-0.05, 0) is 50.1 Å². The van der Waals surface area contributed by atoms with Crippen LogP contribution in [0.25, 0.3) is 0 Å². The zero-order valence-electron chi connectivity index (χ0n) is 14.8. The van der Waals surface area contributed by atoms with Gasteiger partial charge in [0.1, 0.15) is 0 Å². The van der Waals surface area contributed by atoms with Gasteiger partial charge in [0.05, 0.1) is 11.5 Å². The maximum atomic E-state index is 12.7. The van der Waals surface area contributed by atoms with Crippen LogP contribution in [0.15, 0.2) is 48.8 Å². The molecule has 0 saturated carbocycles. The first-order chi connectivity index (χ1) is 11.9. The number of carbonyl (C=O) groups is 2. The normalized spacial score (nSPS) is 16.4. The number of hydrogen-bond acceptors (Lipinski definition) is 3. The molecule has 0 unspecified atom stereocenters. The summed E-state index contributed by atoms with van der Waals surface area (Å²) in [6.07, 6.45) is 3.69. The van der Waals surface area contributed by atoms with Gasteiger partial charge in [-0.3, -0.25) is 14.6 Å². The topological polar surface area (TPSA) is 62.3 Å². The van der Waals surface area contributed by atoms with Crippen LogP contribution in [-0.2, 0) is 15.0 Å². The molecule has 1 aromatic carbocycles. The zero-order chi connectivity index (χ0) is 18.0. The molecule has 1 N–H and O–H groups in total. The lowest BCUT2D eigenvalue weighted by molar-refractivity contribution is -0.122. The number of nitrogens with one attached hydrogen (secondary N) is 1. The number of rotatable bonds is 5. The van der Waals surface area contributed by atoms with Gasteiger partial charge in [-0.25, -0.2) is 0 Å². The fourth-order valence-electron chi connectivity index (χ4n) is 3.28. The number of para-hydroxylation sites is 1. The Hall–Kier alpha value is -2.69. The number of aromatic nitrogens is 1. The third-order valence-corrected chi connectivity index (χ3v) is 4.79. The summed E-state index contributed by atoms with van der Waals surface area (Å²) in [4.78, 5) is 30.7. The molecule has 0 fully saturated rings. The first kappa shape index (κ1) is 17.1. The van der Waals surface area contributed by atoms with Crippen molar-refractivity contribution in [3.63, 3.8) is 0 Å². The highest BCUT2D eigenvalue weighted by Crippen LogP contribution is 2.41. The van der Waals surface area contributed by atoms with Crippen molar-refractivity contribution in [2.75, 3.05) is 11.4 Å². The molecule has 1 aliphatic heterocycles. The molecule has 5 nitrogen and oxygen atoms in total. The molecular weight excluding hydrogens is 314 g/mol. The van der Waals surface area contributed by atoms with Crippen LogP contribution < -0.4 is 10.2 Å². The third kappa shape index (κ3) is 3.27. The van der Waals surface area contributed by atoms with Crippen LogP contribution in [0, 0.1) is 0 Å². The zero-order valence-corrected chi connectivity index (χ0v) is 14.8. The first-order valence-corrected chi connectivity index (χ1v) is 8.52. The summed E-state index contributed by atoms with van der Waals surface area (Å²) < 4.78 is 0. The van der Waals surface area contributed by atoms with Crippen LogP contribution in [0.3, 0.4) is 0 Å². The lowest BCUT2D eigenvalue weighted by Crippen LogP contribution is -2.38. The van der Waals surface area contributed by atoms with Crippen LogP contribution in [0.2, 0.25) is 0 Å². The Morgan fingerprint density at radius 3 is 2.60 bits per heavy atom. The van der Waals surface area contributed by atoms with Crippen LogP contribution in [0.5, 0.6) is 0 Å². The molecule has 5 heteroatoms. The van der Waals surface area contributed by atoms with E-state index >= 15 is 0 Å². The molecule has 1 aromatic heterocycles. The molecule has 1 aliphatic rings. The van der Waals surface area contributed by atoms with Gasteiger partial charge in [0.15, 0.2) is 0 Å². The Labute approximate surface area is 148 Å². The second kappa shape index (κ2) is 6.67. The summed E-state index contributed by atoms with van der Waals surface area (Å²) in [7, 11) is 0. The van der Waals surface area contributed by atoms with Gasteiger partial charge in [0.2, 0.25) is 11.8 Å². The number of hydrogen-bond donors (Lipinski definition) is 1. The summed E-state index contributed by atoms with van der Waals surface area (Å²) in [6.45, 7) is 6.18. The second-order valence-corrected chi connectivity index (χ2v) is 6.92. The fourth-order valence-corrected chi connectivity index (χ4v) is 3.28. The molecule has 0 aliphatic carbocycles. The molecular formula is C20H23N3O2. The van der Waals surface area contributed by atoms with Crippen LogP contribution in [0.1, 0.15) is 44.4 Å². The average Bonchev–Trinajstić information content (AvgIpc) is 2.81. The van der Waals surface area contributed by atoms with Crippen LogP contribution >= 0.6 is 0 Å². The molecule has 1 atom stereocenters. The van der Waals surface area contributed by atoms with E-state index in [0.29, 0.717) is 6.54 Å². The Bertz CT molecular complexity index is 787. The molecule has 0 saturated heterocycles. The van der Waals surface area contributed by atoms with Crippen LogP contribution in [0.4, 0.5) is 5.69 Å². The summed E-state index contributed by atoms with van der Waals surface area (Å²) in [5.74, 6) is -0.0250. The molecule has 2 amide bonds. The molecule has 0 spiro atoms. The number of fused-ring (bicyclic) bond motifs is 1. The molecule has 2 heterocycles. The van der Waals surface area contributed by atoms with Crippen molar-refractivity contribution in [1.29, 1.82) is 0 Å². The summed E-state index contributed by atoms with van der Waals surface area (Å²) in [5.41, 5.74) is 2.39. The molecule has 25 heavy (non-hydrogen) atoms. The summed E-state index contributed by atoms with van der Waals surface area (Å²) in [5, 5.41) is 2.97. The highest BCUT2D eigenvalue weighted by Gasteiger charge is 2.43. The van der Waals surface area contributed by atoms with E-state index in [9.17, 15) is 9.59 Å². The van der Waals surface area contributed by atoms with E-state index in [2.05, 4.69) is 10.3 Å². The molecule has 2 aromatic rings. The van der Waals surface area contributed by atoms with Crippen molar-refractivity contribution in [3.05, 3.63) is 59.9 Å². The minimum absolute atomic E-state index is 0.0451. The third-order valence-electron chi connectivity index (χ3n) is 4.79. The largest absolute Gasteiger partial charge is 0.350 e. The van der Waals surface area contributed by atoms with E-state index in [1.165, 1.54) is 0 Å². The quantitative estimate of drug-likeness (QED) is 0.912. The molecule has 130 valence electrons. The van der Waals surface area contributed by atoms with Crippen molar-refractivity contribution >= 4 is 17.5 Å². The monoisotopic (exact) mass is 337 g/mol. The highest BCUT2D eigenvalue weighted by atomic mass is 16.2. The molecule has 0 bridgehead atoms. The predicted molar refractivity (Wildman–Crippen MR) is 97.2 cm³/mol. The smallest absolute Gasteiger partial charge is 0.237 e. The summed E-state index contributed by atoms with van der Waals surface area (Å²) in [6, 6.07) is 11.5. The van der Waals surface area contributed by atoms with Gasteiger partial charge < -0.3 is 10.2 Å². The Balaban J connectivity index is 1.64. The fraction of sp³-hybridized carbons (Fsp3) is 0.350. The van der Waals surface area contributed by atoms with Gasteiger partial charge in [-0.15, -0.1) is 0 Å². The van der Waals surface area contributed by atoms with Gasteiger partial charge in [0.25, 0.3) is 0 Å². The number of anilines is 1. The van der Waals surface area contributed by atoms with Gasteiger partial charge in [-0.1, -0.05) is 18.2 Å². The van der Waals surface area contributed by atoms with E-state index in [4.69, 9.17) is 0 Å². The van der Waals surface area contributed by atoms with E-state index in [0.717, 1.165) is 16.8 Å². The van der Waals surface area contributed by atoms with Gasteiger partial charge >= 0.3 is 0 Å². The van der Waals surface area contributed by atoms with Gasteiger partial charge in [-0.2, -0.15) is 0 Å². The van der Waals surface area contributed by atoms with E-state index in [1.807, 2.05) is 57.2 Å². The van der Waals surface area contributed by atoms with Crippen molar-refractivity contribution in [3.8, 4) is 0 Å². The Morgan fingerprint density at radius 2 is 1.88 bits per heavy atom. The van der Waals surface area contributed by atoms with Crippen molar-refractivity contribution in [2.24, 2.45) is 0 Å². The maximum absolute atomic E-state index is 12.7. The van der Waals surface area contributed by atoms with Crippen molar-refractivity contribution in [2.45, 2.75) is 38.6 Å². The maximum Gasteiger partial charge on any atom is 0.237 e. The second-order valence-electron chi connectivity index (χ2n) is 6.92. The molecule has 0 radical (unpaired) electrons. The first-order valence-electron chi connectivity index (χ1n) is 8.52. The Kier molecular flexibility index (Phi) is 4.57. The average molecular weight is 337 g/mol. The number of amides is 2. The Morgan fingerprint density at radius 1 is 1.20 bits per heavy atom. The lowest BCUT2D eigenvalue weighted by atomic mass is 9.86. The summed E-state index contributed by atoms with van der Waals surface area (Å²) >= 11 is 0. The van der Waals surface area contributed by atoms with E-state index in [1.54, 1.807) is 17.3 Å². The number of pyridine rings is 1. The minimum atomic E-state index is -0.544. The number of benzene rings is 1. The molecule has 3 rings (SSSR count). The number of carbonyl (C=O) groups excluding carboxylic acids is 2.